The van der Waals surface area contributed by atoms with Crippen LogP contribution in [0.5, 0.6) is 0 Å². The molecule has 2 aliphatic rings. The molecular weight excluding hydrogens is 364 g/mol. The Hall–Kier alpha value is -2.02. The van der Waals surface area contributed by atoms with Gasteiger partial charge in [-0.05, 0) is 38.3 Å². The third kappa shape index (κ3) is 4.83. The smallest absolute Gasteiger partial charge is 0.310 e. The molecule has 0 saturated carbocycles. The van der Waals surface area contributed by atoms with Crippen LogP contribution < -0.4 is 4.90 Å². The highest BCUT2D eigenvalue weighted by Gasteiger charge is 2.29. The summed E-state index contributed by atoms with van der Waals surface area (Å²) in [5.74, 6) is 0.166. The Morgan fingerprint density at radius 2 is 2.11 bits per heavy atom. The zero-order chi connectivity index (χ0) is 19.2. The zero-order valence-electron chi connectivity index (χ0n) is 15.7. The summed E-state index contributed by atoms with van der Waals surface area (Å²) in [7, 11) is 0. The van der Waals surface area contributed by atoms with Crippen molar-refractivity contribution in [2.75, 3.05) is 36.9 Å². The van der Waals surface area contributed by atoms with Crippen molar-refractivity contribution in [3.63, 3.8) is 0 Å². The molecule has 1 unspecified atom stereocenters. The van der Waals surface area contributed by atoms with Gasteiger partial charge in [-0.3, -0.25) is 14.4 Å². The number of likely N-dealkylation sites (tertiary alicyclic amines) is 1. The van der Waals surface area contributed by atoms with E-state index in [1.54, 1.807) is 28.5 Å². The van der Waals surface area contributed by atoms with Crippen molar-refractivity contribution in [3.05, 3.63) is 24.3 Å². The van der Waals surface area contributed by atoms with Gasteiger partial charge in [0.2, 0.25) is 11.8 Å². The monoisotopic (exact) mass is 390 g/mol. The maximum absolute atomic E-state index is 12.6. The lowest BCUT2D eigenvalue weighted by Crippen LogP contribution is -2.43. The highest BCUT2D eigenvalue weighted by Crippen LogP contribution is 2.35. The number of anilines is 1. The number of nitrogens with zero attached hydrogens (tertiary/aromatic N) is 2. The standard InChI is InChI=1S/C20H26N2O4S/c1-2-26-20(25)15-7-5-11-21(13-15)18(23)10-6-12-22-16-8-3-4-9-17(16)27-14-19(22)24/h3-4,8-9,15H,2,5-7,10-14H2,1H3. The minimum Gasteiger partial charge on any atom is -0.466 e. The van der Waals surface area contributed by atoms with E-state index in [2.05, 4.69) is 0 Å². The van der Waals surface area contributed by atoms with Crippen LogP contribution in [0.3, 0.4) is 0 Å². The summed E-state index contributed by atoms with van der Waals surface area (Å²) < 4.78 is 5.09. The molecule has 1 aromatic carbocycles. The van der Waals surface area contributed by atoms with Crippen LogP contribution in [0.4, 0.5) is 5.69 Å². The Bertz CT molecular complexity index is 709. The molecule has 3 rings (SSSR count). The number of carbonyl (C=O) groups is 3. The van der Waals surface area contributed by atoms with Gasteiger partial charge in [-0.1, -0.05) is 12.1 Å². The highest BCUT2D eigenvalue weighted by molar-refractivity contribution is 8.00. The third-order valence-corrected chi connectivity index (χ3v) is 6.02. The average Bonchev–Trinajstić information content (AvgIpc) is 2.70. The number of amides is 2. The molecule has 0 spiro atoms. The number of hydrogen-bond acceptors (Lipinski definition) is 5. The van der Waals surface area contributed by atoms with Gasteiger partial charge < -0.3 is 14.5 Å². The molecule has 1 atom stereocenters. The van der Waals surface area contributed by atoms with Gasteiger partial charge >= 0.3 is 5.97 Å². The van der Waals surface area contributed by atoms with Crippen LogP contribution in [-0.2, 0) is 19.1 Å². The minimum absolute atomic E-state index is 0.0520. The number of ether oxygens (including phenoxy) is 1. The largest absolute Gasteiger partial charge is 0.466 e. The topological polar surface area (TPSA) is 66.9 Å². The lowest BCUT2D eigenvalue weighted by atomic mass is 9.98. The second-order valence-electron chi connectivity index (χ2n) is 6.84. The van der Waals surface area contributed by atoms with Crippen LogP contribution >= 0.6 is 11.8 Å². The molecule has 7 heteroatoms. The van der Waals surface area contributed by atoms with E-state index in [4.69, 9.17) is 4.74 Å². The molecular formula is C20H26N2O4S. The van der Waals surface area contributed by atoms with Gasteiger partial charge in [-0.2, -0.15) is 0 Å². The fraction of sp³-hybridized carbons (Fsp3) is 0.550. The molecule has 1 aromatic rings. The van der Waals surface area contributed by atoms with Gasteiger partial charge in [0, 0.05) is 31.0 Å². The van der Waals surface area contributed by atoms with Gasteiger partial charge in [0.1, 0.15) is 0 Å². The Balaban J connectivity index is 1.51. The molecule has 0 N–H and O–H groups in total. The number of benzene rings is 1. The van der Waals surface area contributed by atoms with E-state index in [0.717, 1.165) is 23.4 Å². The molecule has 6 nitrogen and oxygen atoms in total. The molecule has 27 heavy (non-hydrogen) atoms. The summed E-state index contributed by atoms with van der Waals surface area (Å²) in [5, 5.41) is 0. The van der Waals surface area contributed by atoms with Gasteiger partial charge in [0.05, 0.1) is 24.0 Å². The Kier molecular flexibility index (Phi) is 6.77. The highest BCUT2D eigenvalue weighted by atomic mass is 32.2. The number of para-hydroxylation sites is 1. The van der Waals surface area contributed by atoms with Crippen LogP contribution in [-0.4, -0.2) is 54.7 Å². The fourth-order valence-corrected chi connectivity index (χ4v) is 4.54. The zero-order valence-corrected chi connectivity index (χ0v) is 16.5. The van der Waals surface area contributed by atoms with Crippen LogP contribution in [0, 0.1) is 5.92 Å². The number of esters is 1. The average molecular weight is 391 g/mol. The Labute approximate surface area is 164 Å². The normalized spacial score (nSPS) is 19.6. The summed E-state index contributed by atoms with van der Waals surface area (Å²) in [4.78, 5) is 41.4. The molecule has 146 valence electrons. The van der Waals surface area contributed by atoms with E-state index >= 15 is 0 Å². The van der Waals surface area contributed by atoms with Gasteiger partial charge in [-0.15, -0.1) is 11.8 Å². The van der Waals surface area contributed by atoms with E-state index in [9.17, 15) is 14.4 Å². The molecule has 0 radical (unpaired) electrons. The van der Waals surface area contributed by atoms with Crippen molar-refractivity contribution >= 4 is 35.2 Å². The van der Waals surface area contributed by atoms with Crippen molar-refractivity contribution in [2.45, 2.75) is 37.5 Å². The van der Waals surface area contributed by atoms with E-state index in [1.807, 2.05) is 24.3 Å². The molecule has 0 aliphatic carbocycles. The summed E-state index contributed by atoms with van der Waals surface area (Å²) in [6.07, 6.45) is 2.60. The molecule has 1 saturated heterocycles. The van der Waals surface area contributed by atoms with Crippen molar-refractivity contribution < 1.29 is 19.1 Å². The van der Waals surface area contributed by atoms with E-state index in [0.29, 0.717) is 44.8 Å². The lowest BCUT2D eigenvalue weighted by Gasteiger charge is -2.32. The SMILES string of the molecule is CCOC(=O)C1CCCN(C(=O)CCCN2C(=O)CSc3ccccc32)C1. The number of hydrogen-bond donors (Lipinski definition) is 0. The number of carbonyl (C=O) groups excluding carboxylic acids is 3. The van der Waals surface area contributed by atoms with E-state index in [-0.39, 0.29) is 23.7 Å². The van der Waals surface area contributed by atoms with E-state index < -0.39 is 0 Å². The molecule has 0 aromatic heterocycles. The maximum atomic E-state index is 12.6. The predicted molar refractivity (Wildman–Crippen MR) is 105 cm³/mol. The number of thioether (sulfide) groups is 1. The first-order chi connectivity index (χ1) is 13.1. The first-order valence-electron chi connectivity index (χ1n) is 9.56. The predicted octanol–water partition coefficient (Wildman–Crippen LogP) is 2.71. The molecule has 2 heterocycles. The quantitative estimate of drug-likeness (QED) is 0.699. The van der Waals surface area contributed by atoms with Crippen LogP contribution in [0.15, 0.2) is 29.2 Å². The van der Waals surface area contributed by atoms with Crippen molar-refractivity contribution in [2.24, 2.45) is 5.92 Å². The number of piperidine rings is 1. The summed E-state index contributed by atoms with van der Waals surface area (Å²) in [5.41, 5.74) is 0.937. The second-order valence-corrected chi connectivity index (χ2v) is 7.85. The molecule has 2 aliphatic heterocycles. The van der Waals surface area contributed by atoms with Crippen LogP contribution in [0.25, 0.3) is 0 Å². The second kappa shape index (κ2) is 9.26. The third-order valence-electron chi connectivity index (χ3n) is 4.97. The van der Waals surface area contributed by atoms with Crippen LogP contribution in [0.1, 0.15) is 32.6 Å². The first kappa shape index (κ1) is 19.7. The Morgan fingerprint density at radius 1 is 1.30 bits per heavy atom. The molecule has 2 amide bonds. The molecule has 1 fully saturated rings. The minimum atomic E-state index is -0.213. The lowest BCUT2D eigenvalue weighted by molar-refractivity contribution is -0.151. The van der Waals surface area contributed by atoms with Gasteiger partial charge in [0.15, 0.2) is 0 Å². The molecule has 0 bridgehead atoms. The summed E-state index contributed by atoms with van der Waals surface area (Å²) in [6.45, 7) is 3.84. The van der Waals surface area contributed by atoms with E-state index in [1.165, 1.54) is 0 Å². The first-order valence-corrected chi connectivity index (χ1v) is 10.5. The van der Waals surface area contributed by atoms with Crippen molar-refractivity contribution in [1.82, 2.24) is 4.90 Å². The summed E-state index contributed by atoms with van der Waals surface area (Å²) in [6, 6.07) is 7.88. The Morgan fingerprint density at radius 3 is 2.93 bits per heavy atom. The number of rotatable bonds is 6. The summed E-state index contributed by atoms with van der Waals surface area (Å²) >= 11 is 1.56. The van der Waals surface area contributed by atoms with Crippen molar-refractivity contribution in [3.8, 4) is 0 Å². The number of fused-ring (bicyclic) bond motifs is 1. The van der Waals surface area contributed by atoms with Crippen LogP contribution in [0.2, 0.25) is 0 Å². The van der Waals surface area contributed by atoms with Crippen molar-refractivity contribution in [1.29, 1.82) is 0 Å². The maximum Gasteiger partial charge on any atom is 0.310 e. The fourth-order valence-electron chi connectivity index (χ4n) is 3.60. The van der Waals surface area contributed by atoms with Gasteiger partial charge in [0.25, 0.3) is 0 Å². The van der Waals surface area contributed by atoms with Gasteiger partial charge in [-0.25, -0.2) is 0 Å².